The van der Waals surface area contributed by atoms with Crippen molar-refractivity contribution in [3.8, 4) is 0 Å². The lowest BCUT2D eigenvalue weighted by Gasteiger charge is -2.10. The summed E-state index contributed by atoms with van der Waals surface area (Å²) in [5.41, 5.74) is 2.26. The number of carboxylic acids is 1. The van der Waals surface area contributed by atoms with Crippen LogP contribution >= 0.6 is 0 Å². The smallest absolute Gasteiger partial charge is 0.303 e. The van der Waals surface area contributed by atoms with Crippen molar-refractivity contribution >= 4 is 12.0 Å². The zero-order valence-corrected chi connectivity index (χ0v) is 12.9. The summed E-state index contributed by atoms with van der Waals surface area (Å²) in [5.74, 6) is 0.304. The van der Waals surface area contributed by atoms with Gasteiger partial charge in [-0.05, 0) is 24.5 Å². The molecule has 1 N–H and O–H groups in total. The minimum atomic E-state index is -0.769. The van der Waals surface area contributed by atoms with E-state index in [0.717, 1.165) is 30.9 Å². The highest BCUT2D eigenvalue weighted by Crippen LogP contribution is 2.14. The minimum absolute atomic E-state index is 0.158. The number of allylic oxidation sites excluding steroid dienone is 1. The molecule has 1 aromatic carbocycles. The topological polar surface area (TPSA) is 55.1 Å². The van der Waals surface area contributed by atoms with Crippen molar-refractivity contribution in [3.05, 3.63) is 59.7 Å². The maximum atomic E-state index is 10.6. The highest BCUT2D eigenvalue weighted by molar-refractivity contribution is 5.67. The number of hydrogen-bond acceptors (Lipinski definition) is 2. The van der Waals surface area contributed by atoms with Crippen LogP contribution in [0.2, 0.25) is 0 Å². The Morgan fingerprint density at radius 2 is 2.09 bits per heavy atom. The number of benzene rings is 1. The Bertz CT molecular complexity index is 630. The first-order valence-electron chi connectivity index (χ1n) is 7.67. The highest BCUT2D eigenvalue weighted by Gasteiger charge is 2.08. The van der Waals surface area contributed by atoms with Crippen molar-refractivity contribution in [2.75, 3.05) is 0 Å². The summed E-state index contributed by atoms with van der Waals surface area (Å²) in [7, 11) is 0. The number of carboxylic acid groups (broad SMARTS) is 1. The maximum absolute atomic E-state index is 10.6. The van der Waals surface area contributed by atoms with E-state index in [1.807, 2.05) is 36.5 Å². The molecule has 0 spiro atoms. The van der Waals surface area contributed by atoms with E-state index in [1.165, 1.54) is 5.56 Å². The molecule has 1 heterocycles. The predicted molar refractivity (Wildman–Crippen MR) is 87.7 cm³/mol. The van der Waals surface area contributed by atoms with Crippen molar-refractivity contribution in [1.29, 1.82) is 0 Å². The third kappa shape index (κ3) is 4.58. The number of hydrogen-bond donors (Lipinski definition) is 1. The molecule has 4 nitrogen and oxygen atoms in total. The lowest BCUT2D eigenvalue weighted by molar-refractivity contribution is -0.136. The van der Waals surface area contributed by atoms with E-state index in [0.29, 0.717) is 6.42 Å². The molecule has 2 rings (SSSR count). The lowest BCUT2D eigenvalue weighted by Crippen LogP contribution is -2.07. The zero-order chi connectivity index (χ0) is 15.8. The fraction of sp³-hybridized carbons (Fsp3) is 0.333. The molecular weight excluding hydrogens is 276 g/mol. The molecule has 4 heteroatoms. The Morgan fingerprint density at radius 3 is 2.77 bits per heavy atom. The Labute approximate surface area is 131 Å². The number of imidazole rings is 1. The van der Waals surface area contributed by atoms with Gasteiger partial charge in [-0.2, -0.15) is 0 Å². The van der Waals surface area contributed by atoms with Gasteiger partial charge in [0.2, 0.25) is 0 Å². The molecule has 0 aliphatic heterocycles. The van der Waals surface area contributed by atoms with E-state index in [2.05, 4.69) is 28.6 Å². The normalized spacial score (nSPS) is 11.1. The van der Waals surface area contributed by atoms with Gasteiger partial charge >= 0.3 is 5.97 Å². The summed E-state index contributed by atoms with van der Waals surface area (Å²) in [6.07, 6.45) is 8.43. The fourth-order valence-corrected chi connectivity index (χ4v) is 2.34. The van der Waals surface area contributed by atoms with E-state index < -0.39 is 5.97 Å². The van der Waals surface area contributed by atoms with Gasteiger partial charge in [0.05, 0.1) is 11.9 Å². The largest absolute Gasteiger partial charge is 0.481 e. The van der Waals surface area contributed by atoms with Crippen molar-refractivity contribution in [2.24, 2.45) is 0 Å². The molecular formula is C18H22N2O2. The molecule has 0 saturated carbocycles. The van der Waals surface area contributed by atoms with Crippen LogP contribution in [-0.2, 0) is 17.8 Å². The molecule has 0 aliphatic carbocycles. The summed E-state index contributed by atoms with van der Waals surface area (Å²) in [6.45, 7) is 2.93. The van der Waals surface area contributed by atoms with Crippen LogP contribution in [0, 0.1) is 0 Å². The molecule has 2 aromatic rings. The van der Waals surface area contributed by atoms with E-state index in [-0.39, 0.29) is 6.42 Å². The third-order valence-electron chi connectivity index (χ3n) is 3.44. The fourth-order valence-electron chi connectivity index (χ4n) is 2.34. The first-order valence-corrected chi connectivity index (χ1v) is 7.67. The number of aliphatic carboxylic acids is 1. The molecule has 0 atom stereocenters. The average Bonchev–Trinajstić information content (AvgIpc) is 2.87. The van der Waals surface area contributed by atoms with Crippen LogP contribution in [0.25, 0.3) is 6.08 Å². The second-order valence-electron chi connectivity index (χ2n) is 5.26. The van der Waals surface area contributed by atoms with Gasteiger partial charge in [0.25, 0.3) is 0 Å². The summed E-state index contributed by atoms with van der Waals surface area (Å²) < 4.78 is 2.20. The number of carbonyl (C=O) groups is 1. The predicted octanol–water partition coefficient (Wildman–Crippen LogP) is 3.76. The second kappa shape index (κ2) is 8.17. The molecule has 0 amide bonds. The Balaban J connectivity index is 2.17. The highest BCUT2D eigenvalue weighted by atomic mass is 16.4. The van der Waals surface area contributed by atoms with Crippen LogP contribution in [0.3, 0.4) is 0 Å². The first-order chi connectivity index (χ1) is 10.7. The molecule has 0 bridgehead atoms. The van der Waals surface area contributed by atoms with Crippen molar-refractivity contribution in [1.82, 2.24) is 9.55 Å². The summed E-state index contributed by atoms with van der Waals surface area (Å²) >= 11 is 0. The molecule has 0 radical (unpaired) electrons. The number of nitrogens with zero attached hydrogens (tertiary/aromatic N) is 2. The first kappa shape index (κ1) is 16.0. The van der Waals surface area contributed by atoms with E-state index >= 15 is 0 Å². The third-order valence-corrected chi connectivity index (χ3v) is 3.44. The van der Waals surface area contributed by atoms with E-state index in [4.69, 9.17) is 5.11 Å². The summed E-state index contributed by atoms with van der Waals surface area (Å²) in [6, 6.07) is 10.3. The molecule has 0 saturated heterocycles. The van der Waals surface area contributed by atoms with Crippen molar-refractivity contribution < 1.29 is 9.90 Å². The molecule has 1 aromatic heterocycles. The van der Waals surface area contributed by atoms with Crippen molar-refractivity contribution in [2.45, 2.75) is 39.2 Å². The number of aryl methyl sites for hydroxylation is 1. The van der Waals surface area contributed by atoms with E-state index in [1.54, 1.807) is 0 Å². The number of rotatable bonds is 8. The summed E-state index contributed by atoms with van der Waals surface area (Å²) in [5, 5.41) is 8.68. The van der Waals surface area contributed by atoms with Crippen LogP contribution in [0.15, 0.2) is 42.6 Å². The maximum Gasteiger partial charge on any atom is 0.303 e. The second-order valence-corrected chi connectivity index (χ2v) is 5.26. The van der Waals surface area contributed by atoms with Crippen LogP contribution in [-0.4, -0.2) is 20.6 Å². The van der Waals surface area contributed by atoms with Crippen LogP contribution < -0.4 is 0 Å². The molecule has 0 aliphatic rings. The van der Waals surface area contributed by atoms with Gasteiger partial charge in [-0.25, -0.2) is 4.98 Å². The quantitative estimate of drug-likeness (QED) is 0.807. The van der Waals surface area contributed by atoms with E-state index in [9.17, 15) is 4.79 Å². The standard InChI is InChI=1S/C18H22N2O2/c1-2-8-17-19-13-16(11-6-7-12-18(21)22)20(17)14-15-9-4-3-5-10-15/h3-6,9-11,13H,2,7-8,12,14H2,1H3,(H,21,22)/b11-6+. The Morgan fingerprint density at radius 1 is 1.32 bits per heavy atom. The van der Waals surface area contributed by atoms with Gasteiger partial charge in [-0.15, -0.1) is 0 Å². The van der Waals surface area contributed by atoms with Gasteiger partial charge in [-0.3, -0.25) is 4.79 Å². The van der Waals surface area contributed by atoms with Crippen LogP contribution in [0.4, 0.5) is 0 Å². The molecule has 0 fully saturated rings. The monoisotopic (exact) mass is 298 g/mol. The van der Waals surface area contributed by atoms with Gasteiger partial charge in [0.15, 0.2) is 0 Å². The summed E-state index contributed by atoms with van der Waals surface area (Å²) in [4.78, 5) is 15.1. The van der Waals surface area contributed by atoms with Crippen LogP contribution in [0.5, 0.6) is 0 Å². The van der Waals surface area contributed by atoms with Gasteiger partial charge in [0.1, 0.15) is 5.82 Å². The molecule has 116 valence electrons. The van der Waals surface area contributed by atoms with Crippen molar-refractivity contribution in [3.63, 3.8) is 0 Å². The minimum Gasteiger partial charge on any atom is -0.481 e. The van der Waals surface area contributed by atoms with Gasteiger partial charge < -0.3 is 9.67 Å². The van der Waals surface area contributed by atoms with Gasteiger partial charge in [-0.1, -0.05) is 43.3 Å². The number of aromatic nitrogens is 2. The average molecular weight is 298 g/mol. The SMILES string of the molecule is CCCc1ncc(/C=C/CCC(=O)O)n1Cc1ccccc1. The zero-order valence-electron chi connectivity index (χ0n) is 12.9. The van der Waals surface area contributed by atoms with Crippen LogP contribution in [0.1, 0.15) is 43.3 Å². The lowest BCUT2D eigenvalue weighted by atomic mass is 10.2. The Kier molecular flexibility index (Phi) is 5.95. The Hall–Kier alpha value is -2.36. The molecule has 22 heavy (non-hydrogen) atoms. The van der Waals surface area contributed by atoms with Gasteiger partial charge in [0, 0.05) is 19.4 Å². The molecule has 0 unspecified atom stereocenters.